The van der Waals surface area contributed by atoms with E-state index in [0.29, 0.717) is 11.4 Å². The number of pyridine rings is 1. The van der Waals surface area contributed by atoms with Gasteiger partial charge in [0.05, 0.1) is 30.5 Å². The van der Waals surface area contributed by atoms with Crippen molar-refractivity contribution in [3.8, 4) is 50.6 Å². The molecule has 3 aromatic heterocycles. The Balaban J connectivity index is 0.000000278. The number of imidazole rings is 1. The average molecular weight is 1030 g/mol. The number of halogens is 1. The molecular weight excluding hydrogens is 982 g/mol. The van der Waals surface area contributed by atoms with Gasteiger partial charge in [0.2, 0.25) is 0 Å². The molecule has 0 fully saturated rings. The second kappa shape index (κ2) is 18.5. The number of fused-ring (bicyclic) bond motifs is 4. The summed E-state index contributed by atoms with van der Waals surface area (Å²) in [5.41, 5.74) is 12.3. The summed E-state index contributed by atoms with van der Waals surface area (Å²) in [6, 6.07) is 58.1. The molecule has 0 aliphatic rings. The fourth-order valence-electron chi connectivity index (χ4n) is 8.13. The maximum atomic E-state index is 12.8. The molecule has 1 radical (unpaired) electrons. The number of aromatic nitrogens is 3. The second-order valence-corrected chi connectivity index (χ2v) is 22.5. The molecule has 4 nitrogen and oxygen atoms in total. The quantitative estimate of drug-likeness (QED) is 0.113. The van der Waals surface area contributed by atoms with Crippen LogP contribution in [-0.4, -0.2) is 22.6 Å². The number of para-hydroxylation sites is 2. The van der Waals surface area contributed by atoms with Crippen molar-refractivity contribution >= 4 is 46.2 Å². The Bertz CT molecular complexity index is 3280. The zero-order chi connectivity index (χ0) is 45.7. The van der Waals surface area contributed by atoms with Crippen molar-refractivity contribution in [2.45, 2.75) is 59.1 Å². The Morgan fingerprint density at radius 3 is 1.94 bits per heavy atom. The molecule has 0 aliphatic heterocycles. The van der Waals surface area contributed by atoms with Gasteiger partial charge in [0.25, 0.3) is 0 Å². The van der Waals surface area contributed by atoms with Crippen molar-refractivity contribution in [2.75, 3.05) is 0 Å². The van der Waals surface area contributed by atoms with Crippen molar-refractivity contribution in [3.63, 3.8) is 0 Å². The number of benzene rings is 7. The maximum Gasteiger partial charge on any atom is 0.121 e. The third kappa shape index (κ3) is 8.81. The zero-order valence-corrected chi connectivity index (χ0v) is 40.4. The number of hydrogen-bond donors (Lipinski definition) is 0. The van der Waals surface area contributed by atoms with Crippen LogP contribution in [-0.2, 0) is 20.1 Å². The molecule has 3 heterocycles. The average Bonchev–Trinajstić information content (AvgIpc) is 3.87. The zero-order valence-electron chi connectivity index (χ0n) is 39.0. The fraction of sp³-hybridized carbons (Fsp3) is 0.158. The van der Waals surface area contributed by atoms with Crippen molar-refractivity contribution in [2.24, 2.45) is 0 Å². The molecular formula is C57H50FIrN3OSi-2. The standard InChI is InChI=1S/C43H35N2O.C14H15FNSi.Ir/c1-27(2)36-24-32(30-16-9-6-10-17-30)25-37(28(3)4)41(36)45-39-21-12-11-20-38(39)44-43(45)35-19-13-18-34-33-23-22-31(26-40(33)46-42(34)35)29-14-7-5-8-15-29;1-17(2,3)13-8-9-14(16-10-13)11-4-6-12(15)7-5-11;/h5-18,20-28H,1-4H3;4,6-10H,1-3H3;/q2*-1;/i27D,28D;;. The first-order chi connectivity index (χ1) is 31.0. The van der Waals surface area contributed by atoms with Crippen LogP contribution in [0.1, 0.15) is 53.4 Å². The summed E-state index contributed by atoms with van der Waals surface area (Å²) >= 11 is 0. The summed E-state index contributed by atoms with van der Waals surface area (Å²) in [5.74, 6) is -1.60. The van der Waals surface area contributed by atoms with Crippen molar-refractivity contribution in [1.29, 1.82) is 0 Å². The third-order valence-corrected chi connectivity index (χ3v) is 13.6. The minimum Gasteiger partial charge on any atom is -0.501 e. The minimum absolute atomic E-state index is 0. The van der Waals surface area contributed by atoms with Crippen molar-refractivity contribution in [1.82, 2.24) is 14.5 Å². The van der Waals surface area contributed by atoms with Gasteiger partial charge in [-0.3, -0.25) is 9.37 Å². The summed E-state index contributed by atoms with van der Waals surface area (Å²) in [7, 11) is -1.30. The molecule has 10 rings (SSSR count). The van der Waals surface area contributed by atoms with E-state index in [2.05, 4.69) is 108 Å². The van der Waals surface area contributed by atoms with E-state index in [4.69, 9.17) is 9.40 Å². The van der Waals surface area contributed by atoms with E-state index >= 15 is 0 Å². The van der Waals surface area contributed by atoms with Crippen LogP contribution in [0.2, 0.25) is 19.6 Å². The summed E-state index contributed by atoms with van der Waals surface area (Å²) < 4.78 is 40.5. The van der Waals surface area contributed by atoms with E-state index in [1.165, 1.54) is 17.3 Å². The van der Waals surface area contributed by atoms with E-state index in [9.17, 15) is 7.13 Å². The van der Waals surface area contributed by atoms with Crippen LogP contribution in [0.4, 0.5) is 4.39 Å². The molecule has 10 aromatic rings. The van der Waals surface area contributed by atoms with Crippen molar-refractivity contribution < 1.29 is 31.7 Å². The largest absolute Gasteiger partial charge is 0.501 e. The first-order valence-electron chi connectivity index (χ1n) is 22.3. The molecule has 0 amide bonds. The Kier molecular flexibility index (Phi) is 12.0. The number of hydrogen-bond acceptors (Lipinski definition) is 3. The van der Waals surface area contributed by atoms with Gasteiger partial charge in [-0.05, 0) is 86.4 Å². The molecule has 0 bridgehead atoms. The summed E-state index contributed by atoms with van der Waals surface area (Å²) in [5, 5.41) is 3.33. The van der Waals surface area contributed by atoms with Crippen molar-refractivity contribution in [3.05, 3.63) is 193 Å². The second-order valence-electron chi connectivity index (χ2n) is 17.4. The van der Waals surface area contributed by atoms with E-state index in [-0.39, 0.29) is 25.9 Å². The topological polar surface area (TPSA) is 43.9 Å². The molecule has 0 atom stereocenters. The van der Waals surface area contributed by atoms with Crippen LogP contribution < -0.4 is 5.19 Å². The summed E-state index contributed by atoms with van der Waals surface area (Å²) in [4.78, 5) is 9.65. The minimum atomic E-state index is -1.30. The van der Waals surface area contributed by atoms with Crippen LogP contribution in [0.5, 0.6) is 0 Å². The van der Waals surface area contributed by atoms with E-state index < -0.39 is 19.9 Å². The molecule has 0 unspecified atom stereocenters. The van der Waals surface area contributed by atoms with Crippen LogP contribution >= 0.6 is 0 Å². The van der Waals surface area contributed by atoms with Gasteiger partial charge in [0, 0.05) is 45.9 Å². The van der Waals surface area contributed by atoms with E-state index in [1.54, 1.807) is 6.07 Å². The van der Waals surface area contributed by atoms with Gasteiger partial charge in [0.15, 0.2) is 0 Å². The van der Waals surface area contributed by atoms with Crippen LogP contribution in [0.25, 0.3) is 83.6 Å². The van der Waals surface area contributed by atoms with E-state index in [0.717, 1.165) is 83.3 Å². The van der Waals surface area contributed by atoms with Crippen LogP contribution in [0.15, 0.2) is 168 Å². The Hall–Kier alpha value is -6.24. The molecule has 0 saturated carbocycles. The van der Waals surface area contributed by atoms with Gasteiger partial charge >= 0.3 is 0 Å². The van der Waals surface area contributed by atoms with Gasteiger partial charge in [-0.2, -0.15) is 0 Å². The van der Waals surface area contributed by atoms with Gasteiger partial charge in [-0.25, -0.2) is 0 Å². The molecule has 0 N–H and O–H groups in total. The monoisotopic (exact) mass is 1030 g/mol. The summed E-state index contributed by atoms with van der Waals surface area (Å²) in [6.07, 6.45) is 1.93. The van der Waals surface area contributed by atoms with Crippen LogP contribution in [0, 0.1) is 17.9 Å². The van der Waals surface area contributed by atoms with Gasteiger partial charge < -0.3 is 14.0 Å². The van der Waals surface area contributed by atoms with Gasteiger partial charge in [-0.1, -0.05) is 155 Å². The van der Waals surface area contributed by atoms with E-state index in [1.807, 2.05) is 107 Å². The van der Waals surface area contributed by atoms with Crippen LogP contribution in [0.3, 0.4) is 0 Å². The molecule has 0 spiro atoms. The predicted octanol–water partition coefficient (Wildman–Crippen LogP) is 15.2. The first-order valence-corrected chi connectivity index (χ1v) is 24.8. The molecule has 7 aromatic carbocycles. The van der Waals surface area contributed by atoms with Gasteiger partial charge in [0.1, 0.15) is 5.58 Å². The fourth-order valence-corrected chi connectivity index (χ4v) is 9.17. The summed E-state index contributed by atoms with van der Waals surface area (Å²) in [6.45, 7) is 14.5. The molecule has 321 valence electrons. The third-order valence-electron chi connectivity index (χ3n) is 11.5. The Morgan fingerprint density at radius 1 is 0.672 bits per heavy atom. The normalized spacial score (nSPS) is 12.4. The molecule has 0 aliphatic carbocycles. The molecule has 7 heteroatoms. The van der Waals surface area contributed by atoms with Gasteiger partial charge in [-0.15, -0.1) is 48.0 Å². The number of rotatable bonds is 8. The number of nitrogens with zero attached hydrogens (tertiary/aromatic N) is 3. The predicted molar refractivity (Wildman–Crippen MR) is 263 cm³/mol. The first kappa shape index (κ1) is 41.7. The maximum absolute atomic E-state index is 12.8. The molecule has 0 saturated heterocycles. The Morgan fingerprint density at radius 2 is 1.33 bits per heavy atom. The smallest absolute Gasteiger partial charge is 0.121 e. The SMILES string of the molecule is C[Si](C)(C)c1ccc(-c2[c-]cc(F)cc2)nc1.[2H]C(C)(C)c1cc(-c2ccccc2)cc(C([2H])(C)C)c1-n1c(-c2[c-]ccc3c2oc2cc(-c4ccccc4)ccc23)nc2ccccc21.[Ir]. The number of furan rings is 1. The Labute approximate surface area is 393 Å². The molecule has 64 heavy (non-hydrogen) atoms.